The molecule has 4 radical (unpaired) electrons. The summed E-state index contributed by atoms with van der Waals surface area (Å²) in [6.45, 7) is -2.96. The average Bonchev–Trinajstić information content (AvgIpc) is 1.99. The highest BCUT2D eigenvalue weighted by Crippen LogP contribution is 2.33. The first kappa shape index (κ1) is 12.8. The zero-order chi connectivity index (χ0) is 11.6. The SMILES string of the molecule is [B]C([B])(Cl)c1ccc(Br)cc1OC(F)F. The highest BCUT2D eigenvalue weighted by molar-refractivity contribution is 9.10. The standard InChI is InChI=1S/C8H4B2BrClF2O/c9-8(10,12)5-2-1-4(11)3-6(5)15-7(13)14/h1-3,7H. The summed E-state index contributed by atoms with van der Waals surface area (Å²) in [5.74, 6) is -0.153. The molecule has 0 fully saturated rings. The molecule has 0 spiro atoms. The summed E-state index contributed by atoms with van der Waals surface area (Å²) in [7, 11) is 10.8. The number of ether oxygens (including phenoxy) is 1. The molecule has 0 N–H and O–H groups in total. The van der Waals surface area contributed by atoms with Crippen molar-refractivity contribution in [2.45, 2.75) is 11.3 Å². The van der Waals surface area contributed by atoms with Gasteiger partial charge in [0.05, 0.1) is 15.7 Å². The van der Waals surface area contributed by atoms with Crippen molar-refractivity contribution in [3.8, 4) is 5.75 Å². The van der Waals surface area contributed by atoms with Crippen LogP contribution in [0.15, 0.2) is 22.7 Å². The topological polar surface area (TPSA) is 9.23 Å². The first-order valence-corrected chi connectivity index (χ1v) is 4.99. The van der Waals surface area contributed by atoms with Gasteiger partial charge in [0, 0.05) is 4.47 Å². The van der Waals surface area contributed by atoms with E-state index in [4.69, 9.17) is 27.3 Å². The van der Waals surface area contributed by atoms with Crippen molar-refractivity contribution in [3.05, 3.63) is 28.2 Å². The van der Waals surface area contributed by atoms with Crippen LogP contribution in [0, 0.1) is 0 Å². The Labute approximate surface area is 102 Å². The van der Waals surface area contributed by atoms with E-state index in [1.165, 1.54) is 12.1 Å². The van der Waals surface area contributed by atoms with E-state index in [-0.39, 0.29) is 11.3 Å². The highest BCUT2D eigenvalue weighted by Gasteiger charge is 2.22. The molecule has 1 rings (SSSR count). The third-order valence-electron chi connectivity index (χ3n) is 1.57. The monoisotopic (exact) mass is 290 g/mol. The van der Waals surface area contributed by atoms with Gasteiger partial charge in [0.2, 0.25) is 0 Å². The van der Waals surface area contributed by atoms with Crippen LogP contribution in [-0.4, -0.2) is 22.3 Å². The predicted molar refractivity (Wildman–Crippen MR) is 59.8 cm³/mol. The van der Waals surface area contributed by atoms with E-state index in [2.05, 4.69) is 20.7 Å². The molecule has 0 saturated heterocycles. The number of alkyl halides is 3. The Balaban J connectivity index is 3.15. The zero-order valence-electron chi connectivity index (χ0n) is 7.38. The van der Waals surface area contributed by atoms with E-state index < -0.39 is 11.3 Å². The highest BCUT2D eigenvalue weighted by atomic mass is 79.9. The molecule has 0 aliphatic carbocycles. The smallest absolute Gasteiger partial charge is 0.387 e. The summed E-state index contributed by atoms with van der Waals surface area (Å²) in [6.07, 6.45) is 0. The van der Waals surface area contributed by atoms with Crippen LogP contribution in [0.2, 0.25) is 0 Å². The molecule has 0 saturated carbocycles. The van der Waals surface area contributed by atoms with Crippen molar-refractivity contribution in [1.29, 1.82) is 0 Å². The third kappa shape index (κ3) is 3.68. The Morgan fingerprint density at radius 2 is 2.00 bits per heavy atom. The van der Waals surface area contributed by atoms with Crippen LogP contribution >= 0.6 is 27.5 Å². The molecule has 7 heteroatoms. The lowest BCUT2D eigenvalue weighted by molar-refractivity contribution is -0.0504. The molecule has 0 aromatic heterocycles. The Bertz CT molecular complexity index is 357. The lowest BCUT2D eigenvalue weighted by Crippen LogP contribution is -2.20. The maximum Gasteiger partial charge on any atom is 0.387 e. The zero-order valence-corrected chi connectivity index (χ0v) is 9.73. The van der Waals surface area contributed by atoms with Crippen LogP contribution in [0.25, 0.3) is 0 Å². The van der Waals surface area contributed by atoms with Crippen LogP contribution in [0.3, 0.4) is 0 Å². The van der Waals surface area contributed by atoms with E-state index in [1.807, 2.05) is 0 Å². The first-order valence-electron chi connectivity index (χ1n) is 3.82. The summed E-state index contributed by atoms with van der Waals surface area (Å²) in [5, 5.41) is 0. The molecule has 0 bridgehead atoms. The maximum atomic E-state index is 12.1. The van der Waals surface area contributed by atoms with E-state index in [9.17, 15) is 8.78 Å². The predicted octanol–water partition coefficient (Wildman–Crippen LogP) is 2.74. The Hall–Kier alpha value is -0.220. The molecule has 0 atom stereocenters. The molecule has 0 heterocycles. The van der Waals surface area contributed by atoms with E-state index in [1.54, 1.807) is 6.07 Å². The minimum Gasteiger partial charge on any atom is -0.434 e. The number of rotatable bonds is 3. The van der Waals surface area contributed by atoms with Crippen molar-refractivity contribution in [2.24, 2.45) is 0 Å². The molecule has 0 aliphatic heterocycles. The van der Waals surface area contributed by atoms with E-state index in [0.29, 0.717) is 4.47 Å². The van der Waals surface area contributed by atoms with Gasteiger partial charge in [-0.1, -0.05) is 22.0 Å². The van der Waals surface area contributed by atoms with Gasteiger partial charge in [-0.15, -0.1) is 11.6 Å². The Morgan fingerprint density at radius 1 is 1.40 bits per heavy atom. The molecule has 0 aliphatic rings. The molecule has 1 aromatic rings. The van der Waals surface area contributed by atoms with E-state index in [0.717, 1.165) is 0 Å². The molecule has 76 valence electrons. The quantitative estimate of drug-likeness (QED) is 0.614. The lowest BCUT2D eigenvalue weighted by atomic mass is 9.65. The van der Waals surface area contributed by atoms with Crippen molar-refractivity contribution in [3.63, 3.8) is 0 Å². The van der Waals surface area contributed by atoms with Crippen LogP contribution < -0.4 is 4.74 Å². The van der Waals surface area contributed by atoms with Gasteiger partial charge in [0.25, 0.3) is 0 Å². The van der Waals surface area contributed by atoms with Gasteiger partial charge < -0.3 is 4.74 Å². The van der Waals surface area contributed by atoms with Gasteiger partial charge in [0.1, 0.15) is 5.75 Å². The lowest BCUT2D eigenvalue weighted by Gasteiger charge is -2.21. The number of hydrogen-bond donors (Lipinski definition) is 0. The molecule has 15 heavy (non-hydrogen) atoms. The minimum absolute atomic E-state index is 0.0904. The van der Waals surface area contributed by atoms with Crippen LogP contribution in [-0.2, 0) is 4.67 Å². The van der Waals surface area contributed by atoms with Gasteiger partial charge >= 0.3 is 6.61 Å². The van der Waals surface area contributed by atoms with Gasteiger partial charge in [-0.2, -0.15) is 8.78 Å². The van der Waals surface area contributed by atoms with Crippen LogP contribution in [0.4, 0.5) is 8.78 Å². The van der Waals surface area contributed by atoms with Crippen molar-refractivity contribution >= 4 is 43.2 Å². The van der Waals surface area contributed by atoms with Crippen molar-refractivity contribution in [2.75, 3.05) is 0 Å². The molecule has 1 nitrogen and oxygen atoms in total. The second-order valence-corrected chi connectivity index (χ2v) is 4.33. The van der Waals surface area contributed by atoms with E-state index >= 15 is 0 Å². The number of halogens is 4. The maximum absolute atomic E-state index is 12.1. The third-order valence-corrected chi connectivity index (χ3v) is 2.27. The summed E-state index contributed by atoms with van der Waals surface area (Å²) in [4.78, 5) is 0. The van der Waals surface area contributed by atoms with Crippen LogP contribution in [0.5, 0.6) is 5.75 Å². The average molecular weight is 291 g/mol. The van der Waals surface area contributed by atoms with Crippen LogP contribution in [0.1, 0.15) is 5.56 Å². The molecule has 0 amide bonds. The fraction of sp³-hybridized carbons (Fsp3) is 0.250. The fourth-order valence-electron chi connectivity index (χ4n) is 1.01. The molecule has 0 unspecified atom stereocenters. The van der Waals surface area contributed by atoms with Gasteiger partial charge in [-0.3, -0.25) is 0 Å². The van der Waals surface area contributed by atoms with Crippen molar-refractivity contribution in [1.82, 2.24) is 0 Å². The normalized spacial score (nSPS) is 11.8. The second kappa shape index (κ2) is 4.74. The molecular weight excluding hydrogens is 287 g/mol. The Morgan fingerprint density at radius 3 is 2.47 bits per heavy atom. The minimum atomic E-state index is -2.96. The van der Waals surface area contributed by atoms with Gasteiger partial charge in [-0.25, -0.2) is 0 Å². The number of hydrogen-bond acceptors (Lipinski definition) is 1. The molecule has 1 aromatic carbocycles. The summed E-state index contributed by atoms with van der Waals surface area (Å²) in [6, 6.07) is 4.30. The largest absolute Gasteiger partial charge is 0.434 e. The summed E-state index contributed by atoms with van der Waals surface area (Å²) in [5.41, 5.74) is 0.0904. The van der Waals surface area contributed by atoms with Crippen molar-refractivity contribution < 1.29 is 13.5 Å². The summed E-state index contributed by atoms with van der Waals surface area (Å²) >= 11 is 8.72. The first-order chi connectivity index (χ1) is 6.80. The number of benzene rings is 1. The fourth-order valence-corrected chi connectivity index (χ4v) is 1.50. The van der Waals surface area contributed by atoms with Gasteiger partial charge in [-0.05, 0) is 22.4 Å². The Kier molecular flexibility index (Phi) is 4.06. The summed E-state index contributed by atoms with van der Waals surface area (Å²) < 4.78 is 27.2. The molecular formula is C8H4B2BrClF2O. The van der Waals surface area contributed by atoms with Gasteiger partial charge in [0.15, 0.2) is 0 Å². The second-order valence-electron chi connectivity index (χ2n) is 2.79.